The van der Waals surface area contributed by atoms with Crippen LogP contribution in [0.1, 0.15) is 51.0 Å². The summed E-state index contributed by atoms with van der Waals surface area (Å²) in [5.74, 6) is 0.0816. The fraction of sp³-hybridized carbons (Fsp3) is 0.619. The fourth-order valence-electron chi connectivity index (χ4n) is 3.98. The van der Waals surface area contributed by atoms with Crippen LogP contribution in [0, 0.1) is 0 Å². The van der Waals surface area contributed by atoms with Crippen LogP contribution in [-0.2, 0) is 11.3 Å². The molecular formula is C21H31N3O4. The van der Waals surface area contributed by atoms with Gasteiger partial charge in [0.1, 0.15) is 5.75 Å². The number of nitrogens with zero attached hydrogens (tertiary/aromatic N) is 1. The van der Waals surface area contributed by atoms with Gasteiger partial charge in [0.2, 0.25) is 0 Å². The molecule has 0 radical (unpaired) electrons. The normalized spacial score (nSPS) is 21.9. The van der Waals surface area contributed by atoms with Crippen LogP contribution in [0.3, 0.4) is 0 Å². The highest BCUT2D eigenvalue weighted by atomic mass is 16.5. The Balaban J connectivity index is 1.34. The zero-order valence-electron chi connectivity index (χ0n) is 16.5. The lowest BCUT2D eigenvalue weighted by atomic mass is 9.85. The average molecular weight is 389 g/mol. The van der Waals surface area contributed by atoms with E-state index in [0.717, 1.165) is 37.0 Å². The second-order valence-corrected chi connectivity index (χ2v) is 7.77. The van der Waals surface area contributed by atoms with Gasteiger partial charge in [0.15, 0.2) is 0 Å². The van der Waals surface area contributed by atoms with E-state index in [1.165, 1.54) is 12.8 Å². The molecule has 154 valence electrons. The maximum atomic E-state index is 12.1. The van der Waals surface area contributed by atoms with Gasteiger partial charge >= 0.3 is 12.0 Å². The van der Waals surface area contributed by atoms with E-state index in [1.807, 2.05) is 36.1 Å². The van der Waals surface area contributed by atoms with Crippen molar-refractivity contribution in [2.45, 2.75) is 70.2 Å². The first-order chi connectivity index (χ1) is 13.5. The highest BCUT2D eigenvalue weighted by molar-refractivity contribution is 5.74. The van der Waals surface area contributed by atoms with Crippen LogP contribution in [0.2, 0.25) is 0 Å². The third-order valence-corrected chi connectivity index (χ3v) is 5.69. The van der Waals surface area contributed by atoms with Crippen LogP contribution in [0.5, 0.6) is 5.75 Å². The number of amides is 2. The summed E-state index contributed by atoms with van der Waals surface area (Å²) in [5, 5.41) is 14.8. The number of hydrogen-bond donors (Lipinski definition) is 3. The van der Waals surface area contributed by atoms with Crippen LogP contribution in [0.4, 0.5) is 4.79 Å². The molecule has 0 aromatic heterocycles. The van der Waals surface area contributed by atoms with E-state index in [1.54, 1.807) is 0 Å². The third-order valence-electron chi connectivity index (χ3n) is 5.69. The quantitative estimate of drug-likeness (QED) is 0.604. The molecular weight excluding hydrogens is 358 g/mol. The standard InChI is InChI=1S/C21H31N3O4/c1-2-24(14-20(25)26)17-11-16(12-17)23-21(27)22-13-15-7-9-19(10-8-15)28-18-5-3-4-6-18/h7-10,16-18H,2-6,11-14H2,1H3,(H,25,26)(H2,22,23,27). The minimum Gasteiger partial charge on any atom is -0.490 e. The van der Waals surface area contributed by atoms with E-state index >= 15 is 0 Å². The van der Waals surface area contributed by atoms with E-state index in [4.69, 9.17) is 9.84 Å². The minimum atomic E-state index is -0.810. The van der Waals surface area contributed by atoms with Crippen molar-refractivity contribution in [2.24, 2.45) is 0 Å². The molecule has 1 aromatic carbocycles. The first-order valence-electron chi connectivity index (χ1n) is 10.3. The Morgan fingerprint density at radius 1 is 1.18 bits per heavy atom. The molecule has 1 aromatic rings. The summed E-state index contributed by atoms with van der Waals surface area (Å²) in [6.07, 6.45) is 6.71. The average Bonchev–Trinajstić information content (AvgIpc) is 3.15. The lowest BCUT2D eigenvalue weighted by Gasteiger charge is -2.42. The van der Waals surface area contributed by atoms with Crippen LogP contribution in [-0.4, -0.2) is 53.3 Å². The SMILES string of the molecule is CCN(CC(=O)O)C1CC(NC(=O)NCc2ccc(OC3CCCC3)cc2)C1. The van der Waals surface area contributed by atoms with Crippen molar-refractivity contribution in [1.82, 2.24) is 15.5 Å². The van der Waals surface area contributed by atoms with Crippen molar-refractivity contribution in [1.29, 1.82) is 0 Å². The molecule has 0 bridgehead atoms. The summed E-state index contributed by atoms with van der Waals surface area (Å²) in [4.78, 5) is 24.9. The smallest absolute Gasteiger partial charge is 0.317 e. The molecule has 2 aliphatic carbocycles. The summed E-state index contributed by atoms with van der Waals surface area (Å²) in [5.41, 5.74) is 1.03. The van der Waals surface area contributed by atoms with Crippen LogP contribution < -0.4 is 15.4 Å². The van der Waals surface area contributed by atoms with Gasteiger partial charge in [0.05, 0.1) is 12.6 Å². The van der Waals surface area contributed by atoms with E-state index in [9.17, 15) is 9.59 Å². The zero-order valence-corrected chi connectivity index (χ0v) is 16.5. The summed E-state index contributed by atoms with van der Waals surface area (Å²) < 4.78 is 5.95. The molecule has 7 nitrogen and oxygen atoms in total. The lowest BCUT2D eigenvalue weighted by molar-refractivity contribution is -0.139. The van der Waals surface area contributed by atoms with Gasteiger partial charge in [-0.2, -0.15) is 0 Å². The summed E-state index contributed by atoms with van der Waals surface area (Å²) >= 11 is 0. The van der Waals surface area contributed by atoms with Crippen molar-refractivity contribution in [3.05, 3.63) is 29.8 Å². The van der Waals surface area contributed by atoms with Gasteiger partial charge in [0.25, 0.3) is 0 Å². The molecule has 2 amide bonds. The molecule has 3 N–H and O–H groups in total. The van der Waals surface area contributed by atoms with Gasteiger partial charge in [-0.1, -0.05) is 19.1 Å². The molecule has 7 heteroatoms. The lowest BCUT2D eigenvalue weighted by Crippen LogP contribution is -2.56. The first-order valence-corrected chi connectivity index (χ1v) is 10.3. The molecule has 0 unspecified atom stereocenters. The number of hydrogen-bond acceptors (Lipinski definition) is 4. The van der Waals surface area contributed by atoms with Crippen LogP contribution >= 0.6 is 0 Å². The summed E-state index contributed by atoms with van der Waals surface area (Å²) in [7, 11) is 0. The highest BCUT2D eigenvalue weighted by Crippen LogP contribution is 2.26. The van der Waals surface area contributed by atoms with Gasteiger partial charge in [-0.25, -0.2) is 4.79 Å². The first kappa shape index (κ1) is 20.5. The Morgan fingerprint density at radius 3 is 2.46 bits per heavy atom. The molecule has 0 saturated heterocycles. The molecule has 3 rings (SSSR count). The van der Waals surface area contributed by atoms with Crippen molar-refractivity contribution in [3.63, 3.8) is 0 Å². The zero-order chi connectivity index (χ0) is 19.9. The van der Waals surface area contributed by atoms with E-state index < -0.39 is 5.97 Å². The number of nitrogens with one attached hydrogen (secondary N) is 2. The molecule has 0 spiro atoms. The van der Waals surface area contributed by atoms with Crippen molar-refractivity contribution >= 4 is 12.0 Å². The van der Waals surface area contributed by atoms with Crippen molar-refractivity contribution in [3.8, 4) is 5.75 Å². The molecule has 0 aliphatic heterocycles. The number of likely N-dealkylation sites (N-methyl/N-ethyl adjacent to an activating group) is 1. The number of ether oxygens (including phenoxy) is 1. The maximum Gasteiger partial charge on any atom is 0.317 e. The minimum absolute atomic E-state index is 0.0561. The van der Waals surface area contributed by atoms with Gasteiger partial charge in [-0.15, -0.1) is 0 Å². The maximum absolute atomic E-state index is 12.1. The summed E-state index contributed by atoms with van der Waals surface area (Å²) in [6.45, 7) is 3.18. The Hall–Kier alpha value is -2.28. The Kier molecular flexibility index (Phi) is 7.14. The van der Waals surface area contributed by atoms with Crippen LogP contribution in [0.25, 0.3) is 0 Å². The fourth-order valence-corrected chi connectivity index (χ4v) is 3.98. The Bertz CT molecular complexity index is 652. The Labute approximate surface area is 166 Å². The molecule has 0 atom stereocenters. The number of urea groups is 1. The topological polar surface area (TPSA) is 90.9 Å². The number of benzene rings is 1. The second kappa shape index (κ2) is 9.78. The number of carbonyl (C=O) groups excluding carboxylic acids is 1. The van der Waals surface area contributed by atoms with E-state index in [0.29, 0.717) is 19.2 Å². The largest absolute Gasteiger partial charge is 0.490 e. The number of carbonyl (C=O) groups is 2. The highest BCUT2D eigenvalue weighted by Gasteiger charge is 2.34. The van der Waals surface area contributed by atoms with Crippen LogP contribution in [0.15, 0.2) is 24.3 Å². The van der Waals surface area contributed by atoms with Crippen molar-refractivity contribution in [2.75, 3.05) is 13.1 Å². The molecule has 2 fully saturated rings. The molecule has 2 saturated carbocycles. The predicted molar refractivity (Wildman–Crippen MR) is 106 cm³/mol. The molecule has 2 aliphatic rings. The molecule has 0 heterocycles. The number of aliphatic carboxylic acids is 1. The second-order valence-electron chi connectivity index (χ2n) is 7.77. The number of rotatable bonds is 9. The van der Waals surface area contributed by atoms with Gasteiger partial charge < -0.3 is 20.5 Å². The van der Waals surface area contributed by atoms with E-state index in [-0.39, 0.29) is 24.7 Å². The Morgan fingerprint density at radius 2 is 1.86 bits per heavy atom. The summed E-state index contributed by atoms with van der Waals surface area (Å²) in [6, 6.07) is 8.05. The van der Waals surface area contributed by atoms with Gasteiger partial charge in [0, 0.05) is 18.6 Å². The third kappa shape index (κ3) is 5.86. The monoisotopic (exact) mass is 389 g/mol. The number of carboxylic acids is 1. The number of carboxylic acid groups (broad SMARTS) is 1. The van der Waals surface area contributed by atoms with Gasteiger partial charge in [-0.05, 0) is 62.8 Å². The molecule has 28 heavy (non-hydrogen) atoms. The van der Waals surface area contributed by atoms with E-state index in [2.05, 4.69) is 10.6 Å². The van der Waals surface area contributed by atoms with Crippen molar-refractivity contribution < 1.29 is 19.4 Å². The predicted octanol–water partition coefficient (Wildman–Crippen LogP) is 2.74. The van der Waals surface area contributed by atoms with Gasteiger partial charge in [-0.3, -0.25) is 9.69 Å².